The zero-order valence-corrected chi connectivity index (χ0v) is 9.26. The van der Waals surface area contributed by atoms with Crippen LogP contribution in [0.3, 0.4) is 0 Å². The molecule has 0 radical (unpaired) electrons. The fourth-order valence-electron chi connectivity index (χ4n) is 1.89. The van der Waals surface area contributed by atoms with Crippen LogP contribution in [0.25, 0.3) is 0 Å². The first-order chi connectivity index (χ1) is 7.83. The SMILES string of the molecule is COC(=O)N1CCOCC1c1ccccc1. The molecule has 0 spiro atoms. The van der Waals surface area contributed by atoms with Crippen molar-refractivity contribution < 1.29 is 14.3 Å². The van der Waals surface area contributed by atoms with Crippen LogP contribution >= 0.6 is 0 Å². The Morgan fingerprint density at radius 1 is 1.44 bits per heavy atom. The second-order valence-electron chi connectivity index (χ2n) is 3.66. The first-order valence-electron chi connectivity index (χ1n) is 5.30. The molecule has 0 saturated carbocycles. The largest absolute Gasteiger partial charge is 0.453 e. The van der Waals surface area contributed by atoms with Crippen LogP contribution in [0.1, 0.15) is 11.6 Å². The molecule has 0 aliphatic carbocycles. The van der Waals surface area contributed by atoms with Gasteiger partial charge in [-0.25, -0.2) is 4.79 Å². The average molecular weight is 221 g/mol. The molecule has 16 heavy (non-hydrogen) atoms. The lowest BCUT2D eigenvalue weighted by Gasteiger charge is -2.34. The van der Waals surface area contributed by atoms with Gasteiger partial charge in [0.15, 0.2) is 0 Å². The molecule has 4 heteroatoms. The Balaban J connectivity index is 2.20. The minimum atomic E-state index is -0.294. The van der Waals surface area contributed by atoms with Crippen LogP contribution in [-0.2, 0) is 9.47 Å². The fraction of sp³-hybridized carbons (Fsp3) is 0.417. The van der Waals surface area contributed by atoms with E-state index in [4.69, 9.17) is 9.47 Å². The maximum atomic E-state index is 11.6. The molecule has 1 amide bonds. The highest BCUT2D eigenvalue weighted by Gasteiger charge is 2.28. The summed E-state index contributed by atoms with van der Waals surface area (Å²) in [4.78, 5) is 13.3. The Kier molecular flexibility index (Phi) is 3.41. The van der Waals surface area contributed by atoms with Crippen molar-refractivity contribution in [1.29, 1.82) is 0 Å². The number of morpholine rings is 1. The summed E-state index contributed by atoms with van der Waals surface area (Å²) in [6, 6.07) is 9.82. The minimum Gasteiger partial charge on any atom is -0.453 e. The van der Waals surface area contributed by atoms with Gasteiger partial charge in [0.1, 0.15) is 0 Å². The lowest BCUT2D eigenvalue weighted by Crippen LogP contribution is -2.43. The van der Waals surface area contributed by atoms with Crippen molar-refractivity contribution in [3.05, 3.63) is 35.9 Å². The van der Waals surface area contributed by atoms with Crippen molar-refractivity contribution in [2.45, 2.75) is 6.04 Å². The second kappa shape index (κ2) is 4.99. The van der Waals surface area contributed by atoms with Crippen LogP contribution in [0.15, 0.2) is 30.3 Å². The number of carbonyl (C=O) groups is 1. The lowest BCUT2D eigenvalue weighted by molar-refractivity contribution is -0.00531. The number of nitrogens with zero attached hydrogens (tertiary/aromatic N) is 1. The third kappa shape index (κ3) is 2.17. The molecule has 1 aliphatic rings. The van der Waals surface area contributed by atoms with E-state index in [1.165, 1.54) is 7.11 Å². The molecule has 0 bridgehead atoms. The Hall–Kier alpha value is -1.55. The van der Waals surface area contributed by atoms with Crippen molar-refractivity contribution in [2.24, 2.45) is 0 Å². The number of ether oxygens (including phenoxy) is 2. The lowest BCUT2D eigenvalue weighted by atomic mass is 10.1. The van der Waals surface area contributed by atoms with Gasteiger partial charge >= 0.3 is 6.09 Å². The molecule has 1 unspecified atom stereocenters. The third-order valence-corrected chi connectivity index (χ3v) is 2.72. The Bertz CT molecular complexity index is 353. The number of hydrogen-bond acceptors (Lipinski definition) is 3. The standard InChI is InChI=1S/C12H15NO3/c1-15-12(14)13-7-8-16-9-11(13)10-5-3-2-4-6-10/h2-6,11H,7-9H2,1H3. The van der Waals surface area contributed by atoms with Crippen LogP contribution < -0.4 is 0 Å². The van der Waals surface area contributed by atoms with Gasteiger partial charge in [0, 0.05) is 6.54 Å². The second-order valence-corrected chi connectivity index (χ2v) is 3.66. The number of methoxy groups -OCH3 is 1. The van der Waals surface area contributed by atoms with Crippen LogP contribution in [0.4, 0.5) is 4.79 Å². The molecule has 1 aliphatic heterocycles. The van der Waals surface area contributed by atoms with Gasteiger partial charge in [-0.1, -0.05) is 30.3 Å². The van der Waals surface area contributed by atoms with Gasteiger partial charge in [-0.15, -0.1) is 0 Å². The van der Waals surface area contributed by atoms with E-state index in [0.29, 0.717) is 19.8 Å². The maximum absolute atomic E-state index is 11.6. The van der Waals surface area contributed by atoms with Crippen LogP contribution in [0.5, 0.6) is 0 Å². The molecule has 86 valence electrons. The van der Waals surface area contributed by atoms with Crippen LogP contribution in [-0.4, -0.2) is 37.9 Å². The summed E-state index contributed by atoms with van der Waals surface area (Å²) in [6.07, 6.45) is -0.294. The molecular formula is C12H15NO3. The smallest absolute Gasteiger partial charge is 0.410 e. The van der Waals surface area contributed by atoms with Crippen molar-refractivity contribution in [1.82, 2.24) is 4.90 Å². The maximum Gasteiger partial charge on any atom is 0.410 e. The minimum absolute atomic E-state index is 0.0394. The molecule has 1 aromatic rings. The summed E-state index contributed by atoms with van der Waals surface area (Å²) in [5.41, 5.74) is 1.08. The van der Waals surface area contributed by atoms with Gasteiger partial charge < -0.3 is 9.47 Å². The third-order valence-electron chi connectivity index (χ3n) is 2.72. The van der Waals surface area contributed by atoms with E-state index in [1.807, 2.05) is 30.3 Å². The quantitative estimate of drug-likeness (QED) is 0.726. The first-order valence-corrected chi connectivity index (χ1v) is 5.30. The van der Waals surface area contributed by atoms with E-state index >= 15 is 0 Å². The molecule has 4 nitrogen and oxygen atoms in total. The monoisotopic (exact) mass is 221 g/mol. The average Bonchev–Trinajstić information content (AvgIpc) is 2.39. The summed E-state index contributed by atoms with van der Waals surface area (Å²) in [5, 5.41) is 0. The van der Waals surface area contributed by atoms with E-state index < -0.39 is 0 Å². The van der Waals surface area contributed by atoms with Gasteiger partial charge in [-0.3, -0.25) is 4.90 Å². The number of carbonyl (C=O) groups excluding carboxylic acids is 1. The summed E-state index contributed by atoms with van der Waals surface area (Å²) in [5.74, 6) is 0. The van der Waals surface area contributed by atoms with Crippen LogP contribution in [0.2, 0.25) is 0 Å². The summed E-state index contributed by atoms with van der Waals surface area (Å²) < 4.78 is 10.2. The van der Waals surface area contributed by atoms with E-state index in [1.54, 1.807) is 4.90 Å². The van der Waals surface area contributed by atoms with Crippen molar-refractivity contribution in [3.8, 4) is 0 Å². The Morgan fingerprint density at radius 2 is 2.19 bits per heavy atom. The van der Waals surface area contributed by atoms with E-state index in [0.717, 1.165) is 5.56 Å². The molecule has 0 N–H and O–H groups in total. The van der Waals surface area contributed by atoms with Crippen molar-refractivity contribution >= 4 is 6.09 Å². The van der Waals surface area contributed by atoms with E-state index in [9.17, 15) is 4.79 Å². The number of hydrogen-bond donors (Lipinski definition) is 0. The van der Waals surface area contributed by atoms with Gasteiger partial charge in [0.05, 0.1) is 26.4 Å². The predicted octanol–water partition coefficient (Wildman–Crippen LogP) is 1.83. The van der Waals surface area contributed by atoms with Crippen LogP contribution in [0, 0.1) is 0 Å². The highest BCUT2D eigenvalue weighted by atomic mass is 16.5. The van der Waals surface area contributed by atoms with Gasteiger partial charge in [0.25, 0.3) is 0 Å². The zero-order valence-electron chi connectivity index (χ0n) is 9.26. The predicted molar refractivity (Wildman–Crippen MR) is 59.1 cm³/mol. The molecule has 0 aromatic heterocycles. The van der Waals surface area contributed by atoms with E-state index in [2.05, 4.69) is 0 Å². The molecule has 1 saturated heterocycles. The molecule has 1 aromatic carbocycles. The normalized spacial score (nSPS) is 20.6. The highest BCUT2D eigenvalue weighted by Crippen LogP contribution is 2.24. The molecular weight excluding hydrogens is 206 g/mol. The van der Waals surface area contributed by atoms with Gasteiger partial charge in [-0.2, -0.15) is 0 Å². The number of rotatable bonds is 1. The van der Waals surface area contributed by atoms with Gasteiger partial charge in [-0.05, 0) is 5.56 Å². The van der Waals surface area contributed by atoms with E-state index in [-0.39, 0.29) is 12.1 Å². The van der Waals surface area contributed by atoms with Crippen molar-refractivity contribution in [2.75, 3.05) is 26.9 Å². The summed E-state index contributed by atoms with van der Waals surface area (Å²) in [7, 11) is 1.40. The molecule has 1 atom stereocenters. The number of benzene rings is 1. The highest BCUT2D eigenvalue weighted by molar-refractivity contribution is 5.68. The Labute approximate surface area is 94.8 Å². The Morgan fingerprint density at radius 3 is 2.88 bits per heavy atom. The fourth-order valence-corrected chi connectivity index (χ4v) is 1.89. The summed E-state index contributed by atoms with van der Waals surface area (Å²) in [6.45, 7) is 1.67. The summed E-state index contributed by atoms with van der Waals surface area (Å²) >= 11 is 0. The zero-order chi connectivity index (χ0) is 11.4. The molecule has 2 rings (SSSR count). The first kappa shape index (κ1) is 11.0. The molecule has 1 fully saturated rings. The molecule has 1 heterocycles. The van der Waals surface area contributed by atoms with Crippen molar-refractivity contribution in [3.63, 3.8) is 0 Å². The van der Waals surface area contributed by atoms with Gasteiger partial charge in [0.2, 0.25) is 0 Å². The number of amides is 1. The topological polar surface area (TPSA) is 38.8 Å².